The summed E-state index contributed by atoms with van der Waals surface area (Å²) in [6.45, 7) is 2.68. The van der Waals surface area contributed by atoms with Gasteiger partial charge >= 0.3 is 0 Å². The monoisotopic (exact) mass is 460 g/mol. The minimum Gasteiger partial charge on any atom is -0.364 e. The Bertz CT molecular complexity index is 1720. The van der Waals surface area contributed by atoms with Crippen LogP contribution in [-0.4, -0.2) is 30.0 Å². The third kappa shape index (κ3) is 3.67. The van der Waals surface area contributed by atoms with E-state index >= 15 is 0 Å². The highest BCUT2D eigenvalue weighted by Crippen LogP contribution is 2.26. The van der Waals surface area contributed by atoms with E-state index in [1.165, 1.54) is 16.7 Å². The van der Waals surface area contributed by atoms with Crippen molar-refractivity contribution in [2.24, 2.45) is 12.8 Å². The summed E-state index contributed by atoms with van der Waals surface area (Å²) >= 11 is 0. The van der Waals surface area contributed by atoms with Gasteiger partial charge < -0.3 is 10.3 Å². The molecule has 3 aromatic carbocycles. The number of amides is 1. The minimum atomic E-state index is -0.525. The van der Waals surface area contributed by atoms with Crippen molar-refractivity contribution in [3.05, 3.63) is 102 Å². The van der Waals surface area contributed by atoms with Gasteiger partial charge in [-0.3, -0.25) is 9.48 Å². The average molecular weight is 461 g/mol. The number of carbonyl (C=O) groups excluding carboxylic acids is 1. The first-order valence-electron chi connectivity index (χ1n) is 11.4. The Kier molecular flexibility index (Phi) is 4.77. The number of primary amides is 1. The Morgan fingerprint density at radius 2 is 1.69 bits per heavy atom. The normalized spacial score (nSPS) is 11.5. The Labute approximate surface area is 202 Å². The van der Waals surface area contributed by atoms with Gasteiger partial charge in [-0.25, -0.2) is 4.68 Å². The van der Waals surface area contributed by atoms with Gasteiger partial charge in [-0.2, -0.15) is 10.2 Å². The molecule has 3 heterocycles. The van der Waals surface area contributed by atoms with Gasteiger partial charge in [-0.1, -0.05) is 36.4 Å². The molecule has 0 fully saturated rings. The van der Waals surface area contributed by atoms with E-state index < -0.39 is 5.91 Å². The van der Waals surface area contributed by atoms with Gasteiger partial charge in [0.25, 0.3) is 5.91 Å². The number of nitrogens with two attached hydrogens (primary N) is 1. The highest BCUT2D eigenvalue weighted by atomic mass is 16.1. The molecule has 1 amide bonds. The van der Waals surface area contributed by atoms with Gasteiger partial charge in [-0.15, -0.1) is 0 Å². The van der Waals surface area contributed by atoms with Gasteiger partial charge in [0.2, 0.25) is 0 Å². The maximum absolute atomic E-state index is 11.5. The van der Waals surface area contributed by atoms with Crippen LogP contribution in [0.5, 0.6) is 0 Å². The maximum Gasteiger partial charge on any atom is 0.269 e. The maximum atomic E-state index is 11.5. The molecule has 35 heavy (non-hydrogen) atoms. The molecule has 172 valence electrons. The van der Waals surface area contributed by atoms with Crippen molar-refractivity contribution in [2.45, 2.75) is 13.5 Å². The van der Waals surface area contributed by atoms with Crippen LogP contribution < -0.4 is 5.73 Å². The second kappa shape index (κ2) is 7.99. The average Bonchev–Trinajstić information content (AvgIpc) is 3.56. The fraction of sp³-hybridized carbons (Fsp3) is 0.107. The van der Waals surface area contributed by atoms with Crippen molar-refractivity contribution in [1.82, 2.24) is 24.1 Å². The Balaban J connectivity index is 1.26. The van der Waals surface area contributed by atoms with E-state index in [0.29, 0.717) is 0 Å². The number of fused-ring (bicyclic) bond motifs is 2. The largest absolute Gasteiger partial charge is 0.364 e. The molecule has 0 aliphatic carbocycles. The molecular weight excluding hydrogens is 436 g/mol. The number of benzene rings is 3. The van der Waals surface area contributed by atoms with Crippen molar-refractivity contribution < 1.29 is 4.79 Å². The van der Waals surface area contributed by atoms with E-state index in [0.717, 1.165) is 39.7 Å². The van der Waals surface area contributed by atoms with Crippen LogP contribution in [0.25, 0.3) is 38.6 Å². The van der Waals surface area contributed by atoms with Crippen LogP contribution in [0.1, 0.15) is 21.7 Å². The third-order valence-corrected chi connectivity index (χ3v) is 6.53. The minimum absolute atomic E-state index is 0.267. The SMILES string of the molecule is Cc1cc(C(N)=O)nn1-c1ccc2c(ccn2Cc2ccc(-c3ccc4cnn(C)c4c3)cc2)c1. The molecule has 3 aromatic heterocycles. The summed E-state index contributed by atoms with van der Waals surface area (Å²) in [5, 5.41) is 10.9. The zero-order valence-corrected chi connectivity index (χ0v) is 19.5. The number of hydrogen-bond donors (Lipinski definition) is 1. The highest BCUT2D eigenvalue weighted by molar-refractivity contribution is 5.91. The first-order valence-corrected chi connectivity index (χ1v) is 11.4. The molecule has 0 saturated heterocycles. The van der Waals surface area contributed by atoms with Crippen LogP contribution in [0.3, 0.4) is 0 Å². The summed E-state index contributed by atoms with van der Waals surface area (Å²) in [7, 11) is 1.97. The highest BCUT2D eigenvalue weighted by Gasteiger charge is 2.12. The summed E-state index contributed by atoms with van der Waals surface area (Å²) in [5.41, 5.74) is 13.3. The quantitative estimate of drug-likeness (QED) is 0.400. The molecule has 0 atom stereocenters. The lowest BCUT2D eigenvalue weighted by molar-refractivity contribution is 0.0995. The number of rotatable bonds is 5. The number of aryl methyl sites for hydroxylation is 2. The predicted octanol–water partition coefficient (Wildman–Crippen LogP) is 4.84. The van der Waals surface area contributed by atoms with Gasteiger partial charge in [0, 0.05) is 41.8 Å². The third-order valence-electron chi connectivity index (χ3n) is 6.53. The summed E-state index contributed by atoms with van der Waals surface area (Å²) in [6, 6.07) is 25.1. The van der Waals surface area contributed by atoms with Crippen molar-refractivity contribution in [2.75, 3.05) is 0 Å². The van der Waals surface area contributed by atoms with E-state index in [9.17, 15) is 4.79 Å². The van der Waals surface area contributed by atoms with Crippen LogP contribution in [0, 0.1) is 6.92 Å². The Morgan fingerprint density at radius 3 is 2.46 bits per heavy atom. The van der Waals surface area contributed by atoms with Gasteiger partial charge in [-0.05, 0) is 60.0 Å². The van der Waals surface area contributed by atoms with E-state index in [2.05, 4.69) is 81.6 Å². The smallest absolute Gasteiger partial charge is 0.269 e. The van der Waals surface area contributed by atoms with Crippen molar-refractivity contribution in [1.29, 1.82) is 0 Å². The number of nitrogens with zero attached hydrogens (tertiary/aromatic N) is 5. The summed E-state index contributed by atoms with van der Waals surface area (Å²) in [4.78, 5) is 11.5. The number of carbonyl (C=O) groups is 1. The summed E-state index contributed by atoms with van der Waals surface area (Å²) < 4.78 is 5.89. The van der Waals surface area contributed by atoms with E-state index in [1.807, 2.05) is 30.9 Å². The van der Waals surface area contributed by atoms with Crippen molar-refractivity contribution >= 4 is 27.7 Å². The zero-order valence-electron chi connectivity index (χ0n) is 19.5. The van der Waals surface area contributed by atoms with Gasteiger partial charge in [0.05, 0.1) is 17.4 Å². The van der Waals surface area contributed by atoms with Gasteiger partial charge in [0.1, 0.15) is 0 Å². The second-order valence-electron chi connectivity index (χ2n) is 8.87. The molecule has 0 saturated carbocycles. The van der Waals surface area contributed by atoms with Crippen LogP contribution in [0.15, 0.2) is 85.2 Å². The molecule has 0 spiro atoms. The Hall–Kier alpha value is -4.65. The van der Waals surface area contributed by atoms with Crippen LogP contribution in [0.4, 0.5) is 0 Å². The van der Waals surface area contributed by atoms with Crippen molar-refractivity contribution in [3.8, 4) is 16.8 Å². The molecule has 0 unspecified atom stereocenters. The van der Waals surface area contributed by atoms with Crippen molar-refractivity contribution in [3.63, 3.8) is 0 Å². The van der Waals surface area contributed by atoms with Crippen LogP contribution in [-0.2, 0) is 13.6 Å². The summed E-state index contributed by atoms with van der Waals surface area (Å²) in [6.07, 6.45) is 3.99. The lowest BCUT2D eigenvalue weighted by Crippen LogP contribution is -2.12. The zero-order chi connectivity index (χ0) is 24.1. The standard InChI is InChI=1S/C28H24N6O/c1-18-13-25(28(29)35)31-34(18)24-9-10-26-22(14-24)11-12-33(26)17-19-3-5-20(6-4-19)21-7-8-23-16-30-32(2)27(23)15-21/h3-16H,17H2,1-2H3,(H2,29,35). The molecule has 0 bridgehead atoms. The molecule has 0 aliphatic heterocycles. The number of hydrogen-bond acceptors (Lipinski definition) is 3. The molecule has 0 aliphatic rings. The van der Waals surface area contributed by atoms with Crippen LogP contribution in [0.2, 0.25) is 0 Å². The first-order chi connectivity index (χ1) is 17.0. The molecule has 2 N–H and O–H groups in total. The first kappa shape index (κ1) is 20.9. The van der Waals surface area contributed by atoms with E-state index in [-0.39, 0.29) is 5.69 Å². The van der Waals surface area contributed by atoms with Gasteiger partial charge in [0.15, 0.2) is 5.69 Å². The fourth-order valence-electron chi connectivity index (χ4n) is 4.64. The lowest BCUT2D eigenvalue weighted by atomic mass is 10.0. The van der Waals surface area contributed by atoms with E-state index in [4.69, 9.17) is 5.73 Å². The fourth-order valence-corrected chi connectivity index (χ4v) is 4.64. The molecule has 0 radical (unpaired) electrons. The molecule has 7 nitrogen and oxygen atoms in total. The van der Waals surface area contributed by atoms with E-state index in [1.54, 1.807) is 10.7 Å². The topological polar surface area (TPSA) is 83.7 Å². The lowest BCUT2D eigenvalue weighted by Gasteiger charge is -2.09. The molecule has 6 aromatic rings. The number of aromatic nitrogens is 5. The van der Waals surface area contributed by atoms with Crippen LogP contribution >= 0.6 is 0 Å². The second-order valence-corrected chi connectivity index (χ2v) is 8.87. The summed E-state index contributed by atoms with van der Waals surface area (Å²) in [5.74, 6) is -0.525. The molecule has 6 rings (SSSR count). The molecular formula is C28H24N6O. The molecule has 7 heteroatoms. The Morgan fingerprint density at radius 1 is 0.886 bits per heavy atom. The predicted molar refractivity (Wildman–Crippen MR) is 138 cm³/mol.